The van der Waals surface area contributed by atoms with Crippen LogP contribution in [0, 0.1) is 5.92 Å². The highest BCUT2D eigenvalue weighted by Crippen LogP contribution is 2.52. The van der Waals surface area contributed by atoms with Gasteiger partial charge in [0.05, 0.1) is 10.2 Å². The van der Waals surface area contributed by atoms with E-state index < -0.39 is 15.1 Å². The van der Waals surface area contributed by atoms with Gasteiger partial charge in [0.2, 0.25) is 0 Å². The molecule has 1 fully saturated rings. The Balaban J connectivity index is 2.34. The Labute approximate surface area is 114 Å². The Morgan fingerprint density at radius 1 is 1.35 bits per heavy atom. The van der Waals surface area contributed by atoms with Crippen LogP contribution in [0.1, 0.15) is 11.5 Å². The van der Waals surface area contributed by atoms with E-state index in [-0.39, 0.29) is 16.8 Å². The van der Waals surface area contributed by atoms with Gasteiger partial charge in [0, 0.05) is 22.6 Å². The molecule has 3 nitrogen and oxygen atoms in total. The summed E-state index contributed by atoms with van der Waals surface area (Å²) in [6, 6.07) is 7.60. The van der Waals surface area contributed by atoms with Gasteiger partial charge in [0.15, 0.2) is 9.84 Å². The summed E-state index contributed by atoms with van der Waals surface area (Å²) in [6.45, 7) is 0. The van der Waals surface area contributed by atoms with Crippen molar-refractivity contribution in [2.75, 3.05) is 6.26 Å². The van der Waals surface area contributed by atoms with E-state index in [4.69, 9.17) is 18.0 Å². The van der Waals surface area contributed by atoms with Gasteiger partial charge in [-0.15, -0.1) is 0 Å². The van der Waals surface area contributed by atoms with E-state index in [9.17, 15) is 8.42 Å². The van der Waals surface area contributed by atoms with Crippen LogP contribution in [0.5, 0.6) is 0 Å². The molecule has 0 bridgehead atoms. The number of hydrogen-bond donors (Lipinski definition) is 1. The minimum atomic E-state index is -3.11. The van der Waals surface area contributed by atoms with Crippen LogP contribution in [0.15, 0.2) is 28.7 Å². The topological polar surface area (TPSA) is 60.2 Å². The molecule has 0 saturated heterocycles. The van der Waals surface area contributed by atoms with Gasteiger partial charge in [0.25, 0.3) is 0 Å². The number of benzene rings is 1. The summed E-state index contributed by atoms with van der Waals surface area (Å²) < 4.78 is 24.2. The van der Waals surface area contributed by atoms with Crippen LogP contribution in [0.25, 0.3) is 0 Å². The summed E-state index contributed by atoms with van der Waals surface area (Å²) in [5, 5.41) is -0.457. The number of thiocarbonyl (C=S) groups is 1. The van der Waals surface area contributed by atoms with E-state index >= 15 is 0 Å². The van der Waals surface area contributed by atoms with Crippen LogP contribution < -0.4 is 5.73 Å². The molecular weight excluding hydrogens is 322 g/mol. The van der Waals surface area contributed by atoms with Crippen LogP contribution in [-0.4, -0.2) is 24.9 Å². The Hall–Kier alpha value is -0.460. The molecule has 2 N–H and O–H groups in total. The molecule has 0 unspecified atom stereocenters. The lowest BCUT2D eigenvalue weighted by Crippen LogP contribution is -2.16. The molecule has 0 spiro atoms. The van der Waals surface area contributed by atoms with Crippen molar-refractivity contribution in [1.82, 2.24) is 0 Å². The smallest absolute Gasteiger partial charge is 0.151 e. The molecule has 2 rings (SSSR count). The van der Waals surface area contributed by atoms with Gasteiger partial charge in [0.1, 0.15) is 0 Å². The first kappa shape index (κ1) is 13.0. The summed E-state index contributed by atoms with van der Waals surface area (Å²) in [7, 11) is -3.11. The molecule has 0 amide bonds. The summed E-state index contributed by atoms with van der Waals surface area (Å²) >= 11 is 8.28. The molecule has 17 heavy (non-hydrogen) atoms. The average Bonchev–Trinajstić information content (AvgIpc) is 2.93. The van der Waals surface area contributed by atoms with Crippen molar-refractivity contribution in [3.05, 3.63) is 34.3 Å². The third-order valence-corrected chi connectivity index (χ3v) is 5.41. The Morgan fingerprint density at radius 2 is 1.88 bits per heavy atom. The minimum absolute atomic E-state index is 0.0874. The van der Waals surface area contributed by atoms with Gasteiger partial charge in [-0.25, -0.2) is 8.42 Å². The third kappa shape index (κ3) is 2.53. The fourth-order valence-electron chi connectivity index (χ4n) is 2.24. The van der Waals surface area contributed by atoms with E-state index in [0.29, 0.717) is 0 Å². The molecule has 1 saturated carbocycles. The van der Waals surface area contributed by atoms with Crippen LogP contribution in [0.4, 0.5) is 0 Å². The second kappa shape index (κ2) is 4.33. The zero-order chi connectivity index (χ0) is 12.8. The SMILES string of the molecule is CS(=O)(=O)[C@H]1[C@H](C(N)=S)[C@@H]1c1ccc(Br)cc1. The summed E-state index contributed by atoms with van der Waals surface area (Å²) in [5.74, 6) is -0.309. The van der Waals surface area contributed by atoms with Crippen molar-refractivity contribution in [2.45, 2.75) is 11.2 Å². The quantitative estimate of drug-likeness (QED) is 0.858. The molecular formula is C11H12BrNO2S2. The normalized spacial score (nSPS) is 27.8. The standard InChI is InChI=1S/C11H12BrNO2S2/c1-17(14,15)10-8(9(10)11(13)16)6-2-4-7(12)5-3-6/h2-5,8-10H,1H3,(H2,13,16)/t8-,9+,10+/m0/s1. The Morgan fingerprint density at radius 3 is 2.24 bits per heavy atom. The zero-order valence-electron chi connectivity index (χ0n) is 9.13. The van der Waals surface area contributed by atoms with Gasteiger partial charge in [-0.2, -0.15) is 0 Å². The predicted molar refractivity (Wildman–Crippen MR) is 75.8 cm³/mol. The van der Waals surface area contributed by atoms with Crippen molar-refractivity contribution < 1.29 is 8.42 Å². The maximum Gasteiger partial charge on any atom is 0.151 e. The number of nitrogens with two attached hydrogens (primary N) is 1. The number of hydrogen-bond acceptors (Lipinski definition) is 3. The van der Waals surface area contributed by atoms with E-state index in [1.807, 2.05) is 24.3 Å². The van der Waals surface area contributed by atoms with Crippen molar-refractivity contribution in [1.29, 1.82) is 0 Å². The zero-order valence-corrected chi connectivity index (χ0v) is 12.3. The van der Waals surface area contributed by atoms with Crippen LogP contribution in [-0.2, 0) is 9.84 Å². The van der Waals surface area contributed by atoms with Gasteiger partial charge in [-0.1, -0.05) is 40.3 Å². The lowest BCUT2D eigenvalue weighted by Gasteiger charge is -1.99. The Bertz CT molecular complexity index is 553. The molecule has 92 valence electrons. The summed E-state index contributed by atoms with van der Waals surface area (Å²) in [5.41, 5.74) is 6.57. The fourth-order valence-corrected chi connectivity index (χ4v) is 4.50. The molecule has 6 heteroatoms. The highest BCUT2D eigenvalue weighted by atomic mass is 79.9. The fraction of sp³-hybridized carbons (Fsp3) is 0.364. The van der Waals surface area contributed by atoms with Gasteiger partial charge < -0.3 is 5.73 Å². The third-order valence-electron chi connectivity index (χ3n) is 3.03. The highest BCUT2D eigenvalue weighted by molar-refractivity contribution is 9.10. The van der Waals surface area contributed by atoms with Crippen molar-refractivity contribution >= 4 is 43.0 Å². The van der Waals surface area contributed by atoms with Gasteiger partial charge in [-0.3, -0.25) is 0 Å². The first-order valence-electron chi connectivity index (χ1n) is 5.06. The minimum Gasteiger partial charge on any atom is -0.393 e. The highest BCUT2D eigenvalue weighted by Gasteiger charge is 2.58. The molecule has 1 aromatic rings. The molecule has 1 aliphatic carbocycles. The molecule has 0 radical (unpaired) electrons. The van der Waals surface area contributed by atoms with Crippen LogP contribution in [0.3, 0.4) is 0 Å². The molecule has 1 aromatic carbocycles. The molecule has 0 aliphatic heterocycles. The molecule has 0 aromatic heterocycles. The predicted octanol–water partition coefficient (Wildman–Crippen LogP) is 1.86. The summed E-state index contributed by atoms with van der Waals surface area (Å²) in [6.07, 6.45) is 1.24. The lowest BCUT2D eigenvalue weighted by molar-refractivity contribution is 0.599. The monoisotopic (exact) mass is 333 g/mol. The average molecular weight is 334 g/mol. The Kier molecular flexibility index (Phi) is 3.31. The summed E-state index contributed by atoms with van der Waals surface area (Å²) in [4.78, 5) is 0.286. The largest absolute Gasteiger partial charge is 0.393 e. The van der Waals surface area contributed by atoms with E-state index in [2.05, 4.69) is 15.9 Å². The number of halogens is 1. The van der Waals surface area contributed by atoms with Crippen LogP contribution >= 0.6 is 28.1 Å². The molecule has 3 atom stereocenters. The first-order chi connectivity index (χ1) is 7.82. The second-order valence-electron chi connectivity index (χ2n) is 4.30. The number of sulfone groups is 1. The van der Waals surface area contributed by atoms with E-state index in [1.54, 1.807) is 0 Å². The second-order valence-corrected chi connectivity index (χ2v) is 7.89. The maximum atomic E-state index is 11.6. The number of rotatable bonds is 3. The first-order valence-corrected chi connectivity index (χ1v) is 8.21. The maximum absolute atomic E-state index is 11.6. The van der Waals surface area contributed by atoms with Crippen LogP contribution in [0.2, 0.25) is 0 Å². The van der Waals surface area contributed by atoms with Crippen molar-refractivity contribution in [3.8, 4) is 0 Å². The van der Waals surface area contributed by atoms with Gasteiger partial charge >= 0.3 is 0 Å². The molecule has 0 heterocycles. The lowest BCUT2D eigenvalue weighted by atomic mass is 10.1. The van der Waals surface area contributed by atoms with Crippen molar-refractivity contribution in [3.63, 3.8) is 0 Å². The van der Waals surface area contributed by atoms with E-state index in [0.717, 1.165) is 10.0 Å². The van der Waals surface area contributed by atoms with E-state index in [1.165, 1.54) is 6.26 Å². The van der Waals surface area contributed by atoms with Gasteiger partial charge in [-0.05, 0) is 17.7 Å². The molecule has 1 aliphatic rings. The van der Waals surface area contributed by atoms with Crippen molar-refractivity contribution in [2.24, 2.45) is 11.7 Å².